The minimum atomic E-state index is -0.0178. The Hall–Kier alpha value is -0.760. The zero-order valence-electron chi connectivity index (χ0n) is 7.05. The van der Waals surface area contributed by atoms with Gasteiger partial charge in [0.1, 0.15) is 5.01 Å². The van der Waals surface area contributed by atoms with Crippen molar-refractivity contribution in [1.29, 1.82) is 0 Å². The molecule has 0 N–H and O–H groups in total. The van der Waals surface area contributed by atoms with E-state index < -0.39 is 0 Å². The maximum absolute atomic E-state index is 11.6. The molecule has 0 unspecified atom stereocenters. The van der Waals surface area contributed by atoms with Gasteiger partial charge in [0, 0.05) is 17.8 Å². The lowest BCUT2D eigenvalue weighted by molar-refractivity contribution is 0.726. The van der Waals surface area contributed by atoms with Crippen LogP contribution >= 0.6 is 33.9 Å². The van der Waals surface area contributed by atoms with Crippen molar-refractivity contribution in [1.82, 2.24) is 14.5 Å². The topological polar surface area (TPSA) is 47.8 Å². The van der Waals surface area contributed by atoms with Gasteiger partial charge in [0.05, 0.1) is 16.4 Å². The lowest BCUT2D eigenvalue weighted by Crippen LogP contribution is -2.22. The summed E-state index contributed by atoms with van der Waals surface area (Å²) in [6.07, 6.45) is 4.82. The van der Waals surface area contributed by atoms with Gasteiger partial charge in [0.25, 0.3) is 5.56 Å². The number of thiazole rings is 1. The van der Waals surface area contributed by atoms with Gasteiger partial charge in [-0.05, 0) is 22.6 Å². The fraction of sp³-hybridized carbons (Fsp3) is 0.125. The van der Waals surface area contributed by atoms with E-state index in [-0.39, 0.29) is 5.56 Å². The molecule has 0 aliphatic carbocycles. The molecule has 0 saturated heterocycles. The second-order valence-corrected chi connectivity index (χ2v) is 4.74. The van der Waals surface area contributed by atoms with Gasteiger partial charge in [-0.3, -0.25) is 9.36 Å². The molecule has 2 rings (SSSR count). The predicted octanol–water partition coefficient (Wildman–Crippen LogP) is 1.35. The molecule has 14 heavy (non-hydrogen) atoms. The maximum Gasteiger partial charge on any atom is 0.267 e. The minimum absolute atomic E-state index is 0.0178. The van der Waals surface area contributed by atoms with E-state index in [0.717, 1.165) is 5.01 Å². The van der Waals surface area contributed by atoms with E-state index in [1.54, 1.807) is 17.0 Å². The first kappa shape index (κ1) is 9.78. The fourth-order valence-corrected chi connectivity index (χ4v) is 2.10. The van der Waals surface area contributed by atoms with E-state index in [0.29, 0.717) is 10.1 Å². The van der Waals surface area contributed by atoms with Crippen LogP contribution in [0.4, 0.5) is 0 Å². The third-order valence-electron chi connectivity index (χ3n) is 1.65. The van der Waals surface area contributed by atoms with Crippen LogP contribution in [0, 0.1) is 3.57 Å². The number of halogens is 1. The Kier molecular flexibility index (Phi) is 2.92. The third kappa shape index (κ3) is 2.01. The van der Waals surface area contributed by atoms with Gasteiger partial charge >= 0.3 is 0 Å². The van der Waals surface area contributed by atoms with Crippen LogP contribution in [-0.4, -0.2) is 14.5 Å². The van der Waals surface area contributed by atoms with Gasteiger partial charge in [-0.25, -0.2) is 9.97 Å². The second kappa shape index (κ2) is 4.18. The summed E-state index contributed by atoms with van der Waals surface area (Å²) < 4.78 is 2.18. The molecule has 2 aromatic heterocycles. The van der Waals surface area contributed by atoms with Crippen molar-refractivity contribution in [2.45, 2.75) is 6.54 Å². The molecular weight excluding hydrogens is 313 g/mol. The predicted molar refractivity (Wildman–Crippen MR) is 62.4 cm³/mol. The number of hydrogen-bond acceptors (Lipinski definition) is 4. The highest BCUT2D eigenvalue weighted by molar-refractivity contribution is 14.1. The molecule has 0 amide bonds. The molecule has 0 bridgehead atoms. The SMILES string of the molecule is O=c1c(I)cncn1Cc1nccs1. The quantitative estimate of drug-likeness (QED) is 0.785. The van der Waals surface area contributed by atoms with Gasteiger partial charge in [-0.1, -0.05) is 0 Å². The van der Waals surface area contributed by atoms with Crippen molar-refractivity contribution < 1.29 is 0 Å². The Morgan fingerprint density at radius 1 is 1.57 bits per heavy atom. The van der Waals surface area contributed by atoms with E-state index in [1.807, 2.05) is 28.0 Å². The molecule has 0 spiro atoms. The van der Waals surface area contributed by atoms with E-state index >= 15 is 0 Å². The first-order chi connectivity index (χ1) is 6.77. The number of hydrogen-bond donors (Lipinski definition) is 0. The van der Waals surface area contributed by atoms with Crippen LogP contribution in [0.1, 0.15) is 5.01 Å². The molecular formula is C8H6IN3OS. The van der Waals surface area contributed by atoms with E-state index in [1.165, 1.54) is 17.7 Å². The first-order valence-corrected chi connectivity index (χ1v) is 5.81. The molecule has 4 nitrogen and oxygen atoms in total. The first-order valence-electron chi connectivity index (χ1n) is 3.85. The average Bonchev–Trinajstić information content (AvgIpc) is 2.66. The Balaban J connectivity index is 2.34. The molecule has 0 atom stereocenters. The Labute approximate surface area is 97.8 Å². The summed E-state index contributed by atoms with van der Waals surface area (Å²) in [5.74, 6) is 0. The Morgan fingerprint density at radius 2 is 2.43 bits per heavy atom. The van der Waals surface area contributed by atoms with Gasteiger partial charge in [0.2, 0.25) is 0 Å². The van der Waals surface area contributed by atoms with Crippen LogP contribution in [0.5, 0.6) is 0 Å². The van der Waals surface area contributed by atoms with Gasteiger partial charge in [0.15, 0.2) is 0 Å². The normalized spacial score (nSPS) is 10.4. The monoisotopic (exact) mass is 319 g/mol. The van der Waals surface area contributed by atoms with Crippen LogP contribution in [0.3, 0.4) is 0 Å². The van der Waals surface area contributed by atoms with Crippen molar-refractivity contribution >= 4 is 33.9 Å². The zero-order chi connectivity index (χ0) is 9.97. The zero-order valence-corrected chi connectivity index (χ0v) is 10.0. The summed E-state index contributed by atoms with van der Waals surface area (Å²) in [7, 11) is 0. The van der Waals surface area contributed by atoms with Crippen molar-refractivity contribution in [3.8, 4) is 0 Å². The molecule has 72 valence electrons. The van der Waals surface area contributed by atoms with E-state index in [4.69, 9.17) is 0 Å². The summed E-state index contributed by atoms with van der Waals surface area (Å²) in [6, 6.07) is 0. The summed E-state index contributed by atoms with van der Waals surface area (Å²) in [6.45, 7) is 0.500. The van der Waals surface area contributed by atoms with Crippen LogP contribution in [0.2, 0.25) is 0 Å². The largest absolute Gasteiger partial charge is 0.291 e. The van der Waals surface area contributed by atoms with Crippen molar-refractivity contribution in [2.24, 2.45) is 0 Å². The lowest BCUT2D eigenvalue weighted by Gasteiger charge is -2.01. The van der Waals surface area contributed by atoms with Gasteiger partial charge < -0.3 is 0 Å². The average molecular weight is 319 g/mol. The summed E-state index contributed by atoms with van der Waals surface area (Å²) in [5.41, 5.74) is -0.0178. The van der Waals surface area contributed by atoms with Crippen LogP contribution < -0.4 is 5.56 Å². The van der Waals surface area contributed by atoms with Crippen molar-refractivity contribution in [2.75, 3.05) is 0 Å². The molecule has 0 radical (unpaired) electrons. The highest BCUT2D eigenvalue weighted by atomic mass is 127. The van der Waals surface area contributed by atoms with Crippen LogP contribution in [-0.2, 0) is 6.54 Å². The molecule has 6 heteroatoms. The molecule has 0 aliphatic heterocycles. The smallest absolute Gasteiger partial charge is 0.267 e. The number of nitrogens with zero attached hydrogens (tertiary/aromatic N) is 3. The van der Waals surface area contributed by atoms with Gasteiger partial charge in [-0.2, -0.15) is 0 Å². The summed E-state index contributed by atoms with van der Waals surface area (Å²) in [5, 5.41) is 2.80. The molecule has 0 aliphatic rings. The number of aromatic nitrogens is 3. The second-order valence-electron chi connectivity index (χ2n) is 2.60. The highest BCUT2D eigenvalue weighted by Gasteiger charge is 2.02. The fourth-order valence-electron chi connectivity index (χ4n) is 1.01. The van der Waals surface area contributed by atoms with E-state index in [9.17, 15) is 4.79 Å². The van der Waals surface area contributed by atoms with Crippen molar-refractivity contribution in [3.05, 3.63) is 43.0 Å². The standard InChI is InChI=1S/C8H6IN3OS/c9-6-3-10-5-12(8(6)13)4-7-11-1-2-14-7/h1-3,5H,4H2. The van der Waals surface area contributed by atoms with Crippen LogP contribution in [0.25, 0.3) is 0 Å². The van der Waals surface area contributed by atoms with Crippen molar-refractivity contribution in [3.63, 3.8) is 0 Å². The molecule has 0 fully saturated rings. The van der Waals surface area contributed by atoms with E-state index in [2.05, 4.69) is 9.97 Å². The summed E-state index contributed by atoms with van der Waals surface area (Å²) >= 11 is 3.51. The highest BCUT2D eigenvalue weighted by Crippen LogP contribution is 2.05. The maximum atomic E-state index is 11.6. The lowest BCUT2D eigenvalue weighted by atomic mass is 10.6. The number of rotatable bonds is 2. The third-order valence-corrected chi connectivity index (χ3v) is 3.15. The Morgan fingerprint density at radius 3 is 3.14 bits per heavy atom. The Bertz CT molecular complexity index is 480. The van der Waals surface area contributed by atoms with Gasteiger partial charge in [-0.15, -0.1) is 11.3 Å². The molecule has 0 aromatic carbocycles. The molecule has 2 heterocycles. The van der Waals surface area contributed by atoms with Crippen LogP contribution in [0.15, 0.2) is 28.9 Å². The molecule has 0 saturated carbocycles. The summed E-state index contributed by atoms with van der Waals surface area (Å²) in [4.78, 5) is 19.7. The molecule has 2 aromatic rings. The minimum Gasteiger partial charge on any atom is -0.291 e.